The number of methoxy groups -OCH3 is 1. The highest BCUT2D eigenvalue weighted by Gasteiger charge is 2.32. The van der Waals surface area contributed by atoms with Crippen LogP contribution in [0.3, 0.4) is 0 Å². The van der Waals surface area contributed by atoms with Gasteiger partial charge in [0.25, 0.3) is 0 Å². The van der Waals surface area contributed by atoms with E-state index in [4.69, 9.17) is 29.4 Å². The molecule has 0 saturated heterocycles. The molecule has 0 spiro atoms. The predicted octanol–water partition coefficient (Wildman–Crippen LogP) is 7.05. The minimum atomic E-state index is -0.538. The number of carbonyl (C=O) groups excluding carboxylic acids is 1. The summed E-state index contributed by atoms with van der Waals surface area (Å²) in [6.07, 6.45) is 7.36. The number of esters is 1. The highest BCUT2D eigenvalue weighted by atomic mass is 16.5. The highest BCUT2D eigenvalue weighted by Crippen LogP contribution is 2.45. The summed E-state index contributed by atoms with van der Waals surface area (Å²) < 4.78 is 28.5. The lowest BCUT2D eigenvalue weighted by Gasteiger charge is -2.27. The van der Waals surface area contributed by atoms with E-state index in [9.17, 15) is 10.1 Å². The van der Waals surface area contributed by atoms with Gasteiger partial charge in [0, 0.05) is 11.6 Å². The molecule has 0 aliphatic carbocycles. The van der Waals surface area contributed by atoms with Crippen LogP contribution in [0.25, 0.3) is 0 Å². The topological polar surface area (TPSA) is 113 Å². The minimum Gasteiger partial charge on any atom is -0.493 e. The number of hydrogen-bond donors (Lipinski definition) is 1. The Bertz CT molecular complexity index is 1470. The summed E-state index contributed by atoms with van der Waals surface area (Å²) in [6, 6.07) is 19.5. The number of nitriles is 1. The summed E-state index contributed by atoms with van der Waals surface area (Å²) in [4.78, 5) is 12.8. The smallest absolute Gasteiger partial charge is 0.343 e. The second kappa shape index (κ2) is 14.6. The number of rotatable bonds is 14. The number of ether oxygens (including phenoxy) is 5. The molecule has 0 aromatic heterocycles. The van der Waals surface area contributed by atoms with Crippen molar-refractivity contribution in [1.29, 1.82) is 5.26 Å². The summed E-state index contributed by atoms with van der Waals surface area (Å²) in [5, 5.41) is 9.96. The molecular weight excluding hydrogens is 532 g/mol. The van der Waals surface area contributed by atoms with E-state index < -0.39 is 11.9 Å². The van der Waals surface area contributed by atoms with E-state index >= 15 is 0 Å². The van der Waals surface area contributed by atoms with Crippen LogP contribution < -0.4 is 29.4 Å². The fourth-order valence-electron chi connectivity index (χ4n) is 4.72. The Balaban J connectivity index is 1.53. The monoisotopic (exact) mass is 568 g/mol. The second-order valence-corrected chi connectivity index (χ2v) is 9.81. The van der Waals surface area contributed by atoms with Crippen LogP contribution in [0.1, 0.15) is 66.4 Å². The number of unbranched alkanes of at least 4 members (excludes halogenated alkanes) is 4. The van der Waals surface area contributed by atoms with Gasteiger partial charge in [-0.2, -0.15) is 5.26 Å². The summed E-state index contributed by atoms with van der Waals surface area (Å²) >= 11 is 0. The Hall–Kier alpha value is -4.90. The lowest BCUT2D eigenvalue weighted by molar-refractivity contribution is 0.0734. The van der Waals surface area contributed by atoms with E-state index in [-0.39, 0.29) is 17.2 Å². The molecule has 0 amide bonds. The third-order valence-electron chi connectivity index (χ3n) is 6.89. The van der Waals surface area contributed by atoms with Crippen LogP contribution in [-0.2, 0) is 0 Å². The molecule has 8 heteroatoms. The van der Waals surface area contributed by atoms with Gasteiger partial charge >= 0.3 is 5.97 Å². The fraction of sp³-hybridized carbons (Fsp3) is 0.294. The second-order valence-electron chi connectivity index (χ2n) is 9.81. The number of fused-ring (bicyclic) bond motifs is 1. The average molecular weight is 569 g/mol. The average Bonchev–Trinajstić information content (AvgIpc) is 3.01. The van der Waals surface area contributed by atoms with Crippen LogP contribution in [-0.4, -0.2) is 26.3 Å². The molecule has 42 heavy (non-hydrogen) atoms. The molecule has 1 unspecified atom stereocenters. The van der Waals surface area contributed by atoms with Crippen molar-refractivity contribution in [2.24, 2.45) is 5.73 Å². The zero-order chi connectivity index (χ0) is 29.9. The van der Waals surface area contributed by atoms with Crippen molar-refractivity contribution in [3.05, 3.63) is 101 Å². The quantitative estimate of drug-likeness (QED) is 0.0953. The third kappa shape index (κ3) is 7.24. The molecule has 1 heterocycles. The van der Waals surface area contributed by atoms with Gasteiger partial charge in [-0.15, -0.1) is 0 Å². The molecule has 3 aromatic carbocycles. The summed E-state index contributed by atoms with van der Waals surface area (Å²) in [7, 11) is 1.59. The zero-order valence-electron chi connectivity index (χ0n) is 24.1. The first-order valence-corrected chi connectivity index (χ1v) is 14.1. The first-order chi connectivity index (χ1) is 20.5. The van der Waals surface area contributed by atoms with Crippen molar-refractivity contribution < 1.29 is 28.5 Å². The lowest BCUT2D eigenvalue weighted by atomic mass is 9.83. The molecule has 3 aromatic rings. The third-order valence-corrected chi connectivity index (χ3v) is 6.89. The first kappa shape index (κ1) is 30.1. The summed E-state index contributed by atoms with van der Waals surface area (Å²) in [5.74, 6) is 1.43. The van der Waals surface area contributed by atoms with E-state index in [0.29, 0.717) is 47.3 Å². The fourth-order valence-corrected chi connectivity index (χ4v) is 4.72. The van der Waals surface area contributed by atoms with Gasteiger partial charge in [-0.1, -0.05) is 57.4 Å². The number of hydrogen-bond acceptors (Lipinski definition) is 8. The molecule has 218 valence electrons. The molecule has 0 radical (unpaired) electrons. The van der Waals surface area contributed by atoms with Crippen molar-refractivity contribution in [2.75, 3.05) is 20.3 Å². The summed E-state index contributed by atoms with van der Waals surface area (Å²) in [5.41, 5.74) is 8.32. The van der Waals surface area contributed by atoms with Gasteiger partial charge in [0.15, 0.2) is 11.5 Å². The Morgan fingerprint density at radius 2 is 1.76 bits per heavy atom. The van der Waals surface area contributed by atoms with Crippen LogP contribution in [0.4, 0.5) is 0 Å². The van der Waals surface area contributed by atoms with Gasteiger partial charge in [0.2, 0.25) is 5.88 Å². The predicted molar refractivity (Wildman–Crippen MR) is 160 cm³/mol. The number of benzene rings is 3. The maximum absolute atomic E-state index is 12.8. The number of carbonyl (C=O) groups is 1. The van der Waals surface area contributed by atoms with Crippen molar-refractivity contribution in [3.63, 3.8) is 0 Å². The van der Waals surface area contributed by atoms with Crippen molar-refractivity contribution in [1.82, 2.24) is 0 Å². The Kier molecular flexibility index (Phi) is 10.5. The van der Waals surface area contributed by atoms with Gasteiger partial charge in [-0.05, 0) is 54.4 Å². The zero-order valence-corrected chi connectivity index (χ0v) is 24.1. The largest absolute Gasteiger partial charge is 0.493 e. The maximum atomic E-state index is 12.8. The SMILES string of the molecule is C=CCOc1ccc(C(=O)Oc2ccc3c(c2)OC(N)=C(C#N)C3c2ccc(OCCCCCCC)c(OC)c2)cc1. The molecule has 2 N–H and O–H groups in total. The van der Waals surface area contributed by atoms with Crippen LogP contribution >= 0.6 is 0 Å². The van der Waals surface area contributed by atoms with E-state index in [1.807, 2.05) is 18.2 Å². The van der Waals surface area contributed by atoms with Gasteiger partial charge < -0.3 is 29.4 Å². The Morgan fingerprint density at radius 1 is 1.00 bits per heavy atom. The molecule has 1 atom stereocenters. The van der Waals surface area contributed by atoms with Crippen molar-refractivity contribution >= 4 is 5.97 Å². The van der Waals surface area contributed by atoms with Crippen LogP contribution in [0.15, 0.2) is 84.8 Å². The molecule has 0 saturated carbocycles. The molecule has 8 nitrogen and oxygen atoms in total. The van der Waals surface area contributed by atoms with Gasteiger partial charge in [-0.25, -0.2) is 4.79 Å². The lowest BCUT2D eigenvalue weighted by Crippen LogP contribution is -2.21. The first-order valence-electron chi connectivity index (χ1n) is 14.1. The highest BCUT2D eigenvalue weighted by molar-refractivity contribution is 5.91. The van der Waals surface area contributed by atoms with Crippen molar-refractivity contribution in [3.8, 4) is 34.8 Å². The van der Waals surface area contributed by atoms with E-state index in [2.05, 4.69) is 19.6 Å². The van der Waals surface area contributed by atoms with Crippen LogP contribution in [0, 0.1) is 11.3 Å². The van der Waals surface area contributed by atoms with Gasteiger partial charge in [0.1, 0.15) is 35.5 Å². The van der Waals surface area contributed by atoms with E-state index in [0.717, 1.165) is 18.4 Å². The van der Waals surface area contributed by atoms with Crippen LogP contribution in [0.2, 0.25) is 0 Å². The molecule has 4 rings (SSSR count). The van der Waals surface area contributed by atoms with Crippen LogP contribution in [0.5, 0.6) is 28.7 Å². The number of nitrogens with two attached hydrogens (primary N) is 1. The maximum Gasteiger partial charge on any atom is 0.343 e. The Morgan fingerprint density at radius 3 is 2.48 bits per heavy atom. The number of allylic oxidation sites excluding steroid dienone is 1. The standard InChI is InChI=1S/C34H36N2O6/c1-4-6-7-8-9-19-40-29-17-12-24(20-31(29)38-3)32-27-16-15-26(21-30(27)42-33(36)28(32)22-35)41-34(37)23-10-13-25(14-11-23)39-18-5-2/h5,10-17,20-21,32H,2,4,6-9,18-19,36H2,1,3H3. The minimum absolute atomic E-state index is 0.0139. The molecule has 1 aliphatic rings. The number of nitrogens with zero attached hydrogens (tertiary/aromatic N) is 1. The summed E-state index contributed by atoms with van der Waals surface area (Å²) in [6.45, 7) is 6.78. The van der Waals surface area contributed by atoms with E-state index in [1.54, 1.807) is 55.7 Å². The molecular formula is C34H36N2O6. The molecule has 1 aliphatic heterocycles. The molecule has 0 bridgehead atoms. The van der Waals surface area contributed by atoms with Gasteiger partial charge in [0.05, 0.1) is 25.2 Å². The normalized spacial score (nSPS) is 13.8. The van der Waals surface area contributed by atoms with E-state index in [1.165, 1.54) is 19.3 Å². The van der Waals surface area contributed by atoms with Gasteiger partial charge in [-0.3, -0.25) is 0 Å². The molecule has 0 fully saturated rings. The van der Waals surface area contributed by atoms with Crippen molar-refractivity contribution in [2.45, 2.75) is 44.9 Å². The Labute approximate surface area is 246 Å².